The first kappa shape index (κ1) is 17.9. The Hall–Kier alpha value is -1.19. The molecule has 0 aliphatic heterocycles. The minimum atomic E-state index is -1.07. The molecular weight excluding hydrogens is 264 g/mol. The van der Waals surface area contributed by atoms with Crippen LogP contribution in [0.4, 0.5) is 0 Å². The van der Waals surface area contributed by atoms with Crippen molar-refractivity contribution >= 4 is 5.78 Å². The predicted molar refractivity (Wildman–Crippen MR) is 86.0 cm³/mol. The third-order valence-electron chi connectivity index (χ3n) is 4.48. The van der Waals surface area contributed by atoms with Gasteiger partial charge in [-0.2, -0.15) is 0 Å². The summed E-state index contributed by atoms with van der Waals surface area (Å²) in [5.74, 6) is 0.0380. The fraction of sp³-hybridized carbons (Fsp3) is 0.611. The zero-order chi connectivity index (χ0) is 16.0. The molecule has 0 heterocycles. The SMILES string of the molecule is C=CC(=O)[C@H](O)C1=C(C)CCC1(C)C=C[C@H](CC)COC. The van der Waals surface area contributed by atoms with E-state index in [1.807, 2.05) is 6.92 Å². The molecule has 21 heavy (non-hydrogen) atoms. The molecule has 1 aliphatic rings. The van der Waals surface area contributed by atoms with E-state index in [1.54, 1.807) is 7.11 Å². The van der Waals surface area contributed by atoms with Crippen molar-refractivity contribution in [2.75, 3.05) is 13.7 Å². The van der Waals surface area contributed by atoms with Gasteiger partial charge in [0.05, 0.1) is 6.61 Å². The zero-order valence-corrected chi connectivity index (χ0v) is 13.7. The van der Waals surface area contributed by atoms with E-state index in [0.717, 1.165) is 30.4 Å². The summed E-state index contributed by atoms with van der Waals surface area (Å²) >= 11 is 0. The first-order valence-electron chi connectivity index (χ1n) is 7.62. The maximum absolute atomic E-state index is 11.8. The molecule has 0 fully saturated rings. The van der Waals surface area contributed by atoms with E-state index >= 15 is 0 Å². The van der Waals surface area contributed by atoms with Crippen molar-refractivity contribution in [1.29, 1.82) is 0 Å². The highest BCUT2D eigenvalue weighted by Crippen LogP contribution is 2.45. The highest BCUT2D eigenvalue weighted by atomic mass is 16.5. The Morgan fingerprint density at radius 1 is 1.57 bits per heavy atom. The summed E-state index contributed by atoms with van der Waals surface area (Å²) in [7, 11) is 1.70. The highest BCUT2D eigenvalue weighted by molar-refractivity contribution is 5.95. The van der Waals surface area contributed by atoms with Crippen molar-refractivity contribution < 1.29 is 14.6 Å². The summed E-state index contributed by atoms with van der Waals surface area (Å²) in [6.07, 6.45) is 7.29. The van der Waals surface area contributed by atoms with Gasteiger partial charge >= 0.3 is 0 Å². The van der Waals surface area contributed by atoms with Gasteiger partial charge in [0.1, 0.15) is 6.10 Å². The topological polar surface area (TPSA) is 46.5 Å². The number of carbonyl (C=O) groups excluding carboxylic acids is 1. The predicted octanol–water partition coefficient (Wildman–Crippen LogP) is 3.45. The van der Waals surface area contributed by atoms with E-state index in [-0.39, 0.29) is 11.2 Å². The smallest absolute Gasteiger partial charge is 0.187 e. The lowest BCUT2D eigenvalue weighted by Gasteiger charge is -2.28. The first-order valence-corrected chi connectivity index (χ1v) is 7.62. The minimum Gasteiger partial charge on any atom is -0.384 e. The van der Waals surface area contributed by atoms with E-state index in [9.17, 15) is 9.90 Å². The molecule has 1 rings (SSSR count). The molecule has 0 amide bonds. The molecule has 1 unspecified atom stereocenters. The number of hydrogen-bond acceptors (Lipinski definition) is 3. The number of ether oxygens (including phenoxy) is 1. The van der Waals surface area contributed by atoms with E-state index in [1.165, 1.54) is 6.08 Å². The molecule has 1 N–H and O–H groups in total. The summed E-state index contributed by atoms with van der Waals surface area (Å²) in [6.45, 7) is 10.4. The maximum Gasteiger partial charge on any atom is 0.187 e. The Morgan fingerprint density at radius 3 is 2.76 bits per heavy atom. The Bertz CT molecular complexity index is 447. The van der Waals surface area contributed by atoms with Crippen LogP contribution < -0.4 is 0 Å². The van der Waals surface area contributed by atoms with Crippen molar-refractivity contribution in [2.24, 2.45) is 11.3 Å². The molecule has 3 atom stereocenters. The fourth-order valence-electron chi connectivity index (χ4n) is 3.05. The lowest BCUT2D eigenvalue weighted by Crippen LogP contribution is -2.29. The number of rotatable bonds is 8. The molecule has 0 aromatic rings. The largest absolute Gasteiger partial charge is 0.384 e. The molecular formula is C18H28O3. The summed E-state index contributed by atoms with van der Waals surface area (Å²) < 4.78 is 5.21. The van der Waals surface area contributed by atoms with Crippen LogP contribution in [0.3, 0.4) is 0 Å². The Morgan fingerprint density at radius 2 is 2.24 bits per heavy atom. The Labute approximate surface area is 128 Å². The number of carbonyl (C=O) groups is 1. The third kappa shape index (κ3) is 4.14. The number of ketones is 1. The first-order chi connectivity index (χ1) is 9.89. The van der Waals surface area contributed by atoms with E-state index in [2.05, 4.69) is 32.6 Å². The number of aliphatic hydroxyl groups is 1. The van der Waals surface area contributed by atoms with Crippen molar-refractivity contribution in [3.63, 3.8) is 0 Å². The molecule has 0 aromatic carbocycles. The van der Waals surface area contributed by atoms with E-state index in [0.29, 0.717) is 12.5 Å². The second-order valence-corrected chi connectivity index (χ2v) is 6.10. The van der Waals surface area contributed by atoms with Crippen molar-refractivity contribution in [3.8, 4) is 0 Å². The molecule has 0 radical (unpaired) electrons. The number of aliphatic hydroxyl groups excluding tert-OH is 1. The fourth-order valence-corrected chi connectivity index (χ4v) is 3.05. The van der Waals surface area contributed by atoms with Crippen LogP contribution in [0.25, 0.3) is 0 Å². The van der Waals surface area contributed by atoms with Crippen molar-refractivity contribution in [2.45, 2.75) is 46.1 Å². The van der Waals surface area contributed by atoms with Gasteiger partial charge in [0, 0.05) is 12.5 Å². The average Bonchev–Trinajstić information content (AvgIpc) is 2.77. The molecule has 1 aliphatic carbocycles. The highest BCUT2D eigenvalue weighted by Gasteiger charge is 2.38. The van der Waals surface area contributed by atoms with Crippen molar-refractivity contribution in [1.82, 2.24) is 0 Å². The quantitative estimate of drug-likeness (QED) is 0.550. The summed E-state index contributed by atoms with van der Waals surface area (Å²) in [6, 6.07) is 0. The summed E-state index contributed by atoms with van der Waals surface area (Å²) in [5, 5.41) is 10.3. The maximum atomic E-state index is 11.8. The van der Waals surface area contributed by atoms with Gasteiger partial charge in [-0.3, -0.25) is 4.79 Å². The zero-order valence-electron chi connectivity index (χ0n) is 13.7. The molecule has 118 valence electrons. The normalized spacial score (nSPS) is 25.4. The summed E-state index contributed by atoms with van der Waals surface area (Å²) in [4.78, 5) is 11.8. The van der Waals surface area contributed by atoms with Crippen LogP contribution in [0, 0.1) is 11.3 Å². The van der Waals surface area contributed by atoms with Gasteiger partial charge in [0.15, 0.2) is 5.78 Å². The average molecular weight is 292 g/mol. The van der Waals surface area contributed by atoms with Gasteiger partial charge < -0.3 is 9.84 Å². The minimum absolute atomic E-state index is 0.261. The van der Waals surface area contributed by atoms with E-state index < -0.39 is 6.10 Å². The van der Waals surface area contributed by atoms with Crippen LogP contribution in [0.1, 0.15) is 40.0 Å². The lowest BCUT2D eigenvalue weighted by molar-refractivity contribution is -0.121. The molecule has 0 aromatic heterocycles. The summed E-state index contributed by atoms with van der Waals surface area (Å²) in [5.41, 5.74) is 1.70. The standard InChI is InChI=1S/C18H28O3/c1-6-14(12-21-5)9-11-18(4)10-8-13(3)16(18)17(20)15(19)7-2/h7,9,11,14,17,20H,2,6,8,10,12H2,1,3-5H3/t14-,17-,18?/m0/s1. The van der Waals surface area contributed by atoms with Crippen molar-refractivity contribution in [3.05, 3.63) is 36.0 Å². The third-order valence-corrected chi connectivity index (χ3v) is 4.48. The molecule has 0 spiro atoms. The van der Waals surface area contributed by atoms with Gasteiger partial charge in [-0.05, 0) is 43.8 Å². The number of allylic oxidation sites excluding steroid dienone is 2. The van der Waals surface area contributed by atoms with Crippen LogP contribution in [-0.4, -0.2) is 30.7 Å². The number of methoxy groups -OCH3 is 1. The second kappa shape index (κ2) is 7.71. The van der Waals surface area contributed by atoms with Crippen LogP contribution >= 0.6 is 0 Å². The molecule has 3 heteroatoms. The molecule has 0 saturated carbocycles. The van der Waals surface area contributed by atoms with Gasteiger partial charge in [-0.15, -0.1) is 0 Å². The Kier molecular flexibility index (Phi) is 6.56. The van der Waals surface area contributed by atoms with Crippen LogP contribution in [0.5, 0.6) is 0 Å². The van der Waals surface area contributed by atoms with Gasteiger partial charge in [-0.25, -0.2) is 0 Å². The van der Waals surface area contributed by atoms with Crippen LogP contribution in [0.2, 0.25) is 0 Å². The van der Waals surface area contributed by atoms with E-state index in [4.69, 9.17) is 4.74 Å². The Balaban J connectivity index is 3.01. The monoisotopic (exact) mass is 292 g/mol. The molecule has 3 nitrogen and oxygen atoms in total. The lowest BCUT2D eigenvalue weighted by atomic mass is 9.78. The number of hydrogen-bond donors (Lipinski definition) is 1. The van der Waals surface area contributed by atoms with Gasteiger partial charge in [0.2, 0.25) is 0 Å². The van der Waals surface area contributed by atoms with Gasteiger partial charge in [-0.1, -0.05) is 38.2 Å². The molecule has 0 bridgehead atoms. The second-order valence-electron chi connectivity index (χ2n) is 6.10. The van der Waals surface area contributed by atoms with Crippen LogP contribution in [0.15, 0.2) is 36.0 Å². The molecule has 0 saturated heterocycles. The van der Waals surface area contributed by atoms with Gasteiger partial charge in [0.25, 0.3) is 0 Å². The van der Waals surface area contributed by atoms with Crippen LogP contribution in [-0.2, 0) is 9.53 Å².